The van der Waals surface area contributed by atoms with Crippen LogP contribution in [0.4, 0.5) is 0 Å². The smallest absolute Gasteiger partial charge is 0.307 e. The predicted octanol–water partition coefficient (Wildman–Crippen LogP) is 2.84. The van der Waals surface area contributed by atoms with E-state index in [1.54, 1.807) is 14.0 Å². The predicted molar refractivity (Wildman–Crippen MR) is 84.8 cm³/mol. The summed E-state index contributed by atoms with van der Waals surface area (Å²) in [5, 5.41) is 9.04. The van der Waals surface area contributed by atoms with E-state index in [-0.39, 0.29) is 5.92 Å². The molecule has 0 amide bonds. The number of carboxylic acid groups (broad SMARTS) is 1. The second-order valence-corrected chi connectivity index (χ2v) is 5.53. The number of aliphatic carboxylic acids is 1. The highest BCUT2D eigenvalue weighted by molar-refractivity contribution is 5.69. The van der Waals surface area contributed by atoms with E-state index in [0.717, 1.165) is 30.8 Å². The zero-order valence-electron chi connectivity index (χ0n) is 13.1. The van der Waals surface area contributed by atoms with Gasteiger partial charge in [-0.2, -0.15) is 0 Å². The van der Waals surface area contributed by atoms with Crippen LogP contribution in [-0.2, 0) is 11.2 Å². The van der Waals surface area contributed by atoms with Gasteiger partial charge in [0.2, 0.25) is 0 Å². The van der Waals surface area contributed by atoms with Gasteiger partial charge in [0, 0.05) is 19.6 Å². The third-order valence-electron chi connectivity index (χ3n) is 3.32. The molecule has 1 rings (SSSR count). The summed E-state index contributed by atoms with van der Waals surface area (Å²) in [5.74, 6) is -0.288. The van der Waals surface area contributed by atoms with Crippen molar-refractivity contribution in [1.82, 2.24) is 4.90 Å². The molecule has 0 radical (unpaired) electrons. The van der Waals surface area contributed by atoms with Gasteiger partial charge in [0.15, 0.2) is 0 Å². The molecule has 0 aliphatic rings. The van der Waals surface area contributed by atoms with Crippen LogP contribution in [0.15, 0.2) is 36.4 Å². The Kier molecular flexibility index (Phi) is 6.96. The first-order valence-corrected chi connectivity index (χ1v) is 7.15. The Bertz CT molecular complexity index is 467. The van der Waals surface area contributed by atoms with Gasteiger partial charge in [-0.25, -0.2) is 0 Å². The number of nitrogens with zero attached hydrogens (tertiary/aromatic N) is 1. The van der Waals surface area contributed by atoms with Crippen LogP contribution in [0.5, 0.6) is 5.75 Å². The first kappa shape index (κ1) is 17.2. The molecule has 21 heavy (non-hydrogen) atoms. The Balaban J connectivity index is 2.58. The number of carbonyl (C=O) groups is 1. The molecule has 1 aromatic carbocycles. The number of hydrogen-bond acceptors (Lipinski definition) is 3. The third kappa shape index (κ3) is 6.45. The lowest BCUT2D eigenvalue weighted by Crippen LogP contribution is -2.34. The van der Waals surface area contributed by atoms with Crippen molar-refractivity contribution in [3.8, 4) is 5.75 Å². The summed E-state index contributed by atoms with van der Waals surface area (Å²) in [5.41, 5.74) is 2.26. The van der Waals surface area contributed by atoms with Gasteiger partial charge in [-0.1, -0.05) is 31.2 Å². The molecule has 0 aromatic heterocycles. The molecule has 0 saturated heterocycles. The Morgan fingerprint density at radius 1 is 1.38 bits per heavy atom. The third-order valence-corrected chi connectivity index (χ3v) is 3.32. The molecular weight excluding hydrogens is 266 g/mol. The summed E-state index contributed by atoms with van der Waals surface area (Å²) < 4.78 is 5.14. The van der Waals surface area contributed by atoms with Crippen molar-refractivity contribution in [3.05, 3.63) is 42.0 Å². The monoisotopic (exact) mass is 291 g/mol. The van der Waals surface area contributed by atoms with Gasteiger partial charge in [0.1, 0.15) is 5.75 Å². The Morgan fingerprint density at radius 2 is 2.00 bits per heavy atom. The molecule has 116 valence electrons. The topological polar surface area (TPSA) is 49.8 Å². The standard InChI is InChI=1S/C17H25NO3/c1-13(2)11-18(12-14(3)17(19)20)10-9-15-5-7-16(21-4)8-6-15/h5-8,14H,1,9-12H2,2-4H3,(H,19,20). The summed E-state index contributed by atoms with van der Waals surface area (Å²) in [6.45, 7) is 9.71. The van der Waals surface area contributed by atoms with E-state index in [0.29, 0.717) is 6.54 Å². The van der Waals surface area contributed by atoms with Crippen LogP contribution in [0, 0.1) is 5.92 Å². The second-order valence-electron chi connectivity index (χ2n) is 5.53. The molecule has 4 heteroatoms. The van der Waals surface area contributed by atoms with E-state index in [2.05, 4.69) is 11.5 Å². The molecule has 1 unspecified atom stereocenters. The Labute approximate surface area is 127 Å². The number of methoxy groups -OCH3 is 1. The molecule has 1 N–H and O–H groups in total. The molecule has 0 bridgehead atoms. The highest BCUT2D eigenvalue weighted by Gasteiger charge is 2.16. The quantitative estimate of drug-likeness (QED) is 0.711. The van der Waals surface area contributed by atoms with Crippen LogP contribution in [0.2, 0.25) is 0 Å². The molecule has 0 aliphatic heterocycles. The number of rotatable bonds is 9. The Hall–Kier alpha value is -1.81. The van der Waals surface area contributed by atoms with E-state index >= 15 is 0 Å². The summed E-state index contributed by atoms with van der Waals surface area (Å²) >= 11 is 0. The lowest BCUT2D eigenvalue weighted by atomic mass is 10.1. The SMILES string of the molecule is C=C(C)CN(CCc1ccc(OC)cc1)CC(C)C(=O)O. The maximum atomic E-state index is 11.0. The minimum Gasteiger partial charge on any atom is -0.497 e. The zero-order chi connectivity index (χ0) is 15.8. The van der Waals surface area contributed by atoms with Crippen LogP contribution in [0.3, 0.4) is 0 Å². The highest BCUT2D eigenvalue weighted by Crippen LogP contribution is 2.13. The number of ether oxygens (including phenoxy) is 1. The first-order chi connectivity index (χ1) is 9.92. The minimum atomic E-state index is -0.758. The summed E-state index contributed by atoms with van der Waals surface area (Å²) in [6, 6.07) is 7.97. The van der Waals surface area contributed by atoms with E-state index < -0.39 is 5.97 Å². The fourth-order valence-electron chi connectivity index (χ4n) is 2.16. The number of hydrogen-bond donors (Lipinski definition) is 1. The molecule has 0 aliphatic carbocycles. The van der Waals surface area contributed by atoms with Crippen LogP contribution in [-0.4, -0.2) is 42.7 Å². The van der Waals surface area contributed by atoms with Crippen molar-refractivity contribution in [3.63, 3.8) is 0 Å². The van der Waals surface area contributed by atoms with Crippen molar-refractivity contribution in [2.75, 3.05) is 26.7 Å². The fourth-order valence-corrected chi connectivity index (χ4v) is 2.16. The molecule has 0 saturated carbocycles. The maximum Gasteiger partial charge on any atom is 0.307 e. The maximum absolute atomic E-state index is 11.0. The van der Waals surface area contributed by atoms with Crippen LogP contribution < -0.4 is 4.74 Å². The average Bonchev–Trinajstić information content (AvgIpc) is 2.44. The van der Waals surface area contributed by atoms with Crippen LogP contribution in [0.25, 0.3) is 0 Å². The Morgan fingerprint density at radius 3 is 2.48 bits per heavy atom. The van der Waals surface area contributed by atoms with Gasteiger partial charge >= 0.3 is 5.97 Å². The van der Waals surface area contributed by atoms with Crippen LogP contribution >= 0.6 is 0 Å². The largest absolute Gasteiger partial charge is 0.497 e. The van der Waals surface area contributed by atoms with Gasteiger partial charge in [0.25, 0.3) is 0 Å². The molecule has 1 aromatic rings. The van der Waals surface area contributed by atoms with E-state index in [1.165, 1.54) is 5.56 Å². The lowest BCUT2D eigenvalue weighted by Gasteiger charge is -2.24. The summed E-state index contributed by atoms with van der Waals surface area (Å²) in [7, 11) is 1.65. The molecule has 0 heterocycles. The normalized spacial score (nSPS) is 12.2. The van der Waals surface area contributed by atoms with Gasteiger partial charge < -0.3 is 9.84 Å². The van der Waals surface area contributed by atoms with Crippen LogP contribution in [0.1, 0.15) is 19.4 Å². The van der Waals surface area contributed by atoms with Crippen molar-refractivity contribution in [2.45, 2.75) is 20.3 Å². The van der Waals surface area contributed by atoms with E-state index in [4.69, 9.17) is 9.84 Å². The molecular formula is C17H25NO3. The number of carboxylic acids is 1. The van der Waals surface area contributed by atoms with Gasteiger partial charge in [-0.3, -0.25) is 9.69 Å². The van der Waals surface area contributed by atoms with Gasteiger partial charge in [0.05, 0.1) is 13.0 Å². The first-order valence-electron chi connectivity index (χ1n) is 7.15. The fraction of sp³-hybridized carbons (Fsp3) is 0.471. The molecule has 0 spiro atoms. The minimum absolute atomic E-state index is 0.375. The zero-order valence-corrected chi connectivity index (χ0v) is 13.1. The summed E-state index contributed by atoms with van der Waals surface area (Å²) in [6.07, 6.45) is 0.879. The van der Waals surface area contributed by atoms with Crippen molar-refractivity contribution in [1.29, 1.82) is 0 Å². The van der Waals surface area contributed by atoms with E-state index in [1.807, 2.05) is 31.2 Å². The van der Waals surface area contributed by atoms with E-state index in [9.17, 15) is 4.79 Å². The highest BCUT2D eigenvalue weighted by atomic mass is 16.5. The molecule has 4 nitrogen and oxygen atoms in total. The van der Waals surface area contributed by atoms with Crippen molar-refractivity contribution < 1.29 is 14.6 Å². The van der Waals surface area contributed by atoms with Gasteiger partial charge in [-0.15, -0.1) is 0 Å². The van der Waals surface area contributed by atoms with Crippen molar-refractivity contribution in [2.24, 2.45) is 5.92 Å². The molecule has 0 fully saturated rings. The van der Waals surface area contributed by atoms with Gasteiger partial charge in [-0.05, 0) is 31.0 Å². The van der Waals surface area contributed by atoms with Crippen molar-refractivity contribution >= 4 is 5.97 Å². The molecule has 1 atom stereocenters. The lowest BCUT2D eigenvalue weighted by molar-refractivity contribution is -0.141. The average molecular weight is 291 g/mol. The second kappa shape index (κ2) is 8.47. The number of benzene rings is 1. The summed E-state index contributed by atoms with van der Waals surface area (Å²) in [4.78, 5) is 13.1.